The van der Waals surface area contributed by atoms with E-state index in [1.807, 2.05) is 39.0 Å². The Labute approximate surface area is 212 Å². The Hall–Kier alpha value is -3.30. The molecule has 3 amide bonds. The van der Waals surface area contributed by atoms with E-state index in [0.29, 0.717) is 18.5 Å². The minimum Gasteiger partial charge on any atom is -0.467 e. The summed E-state index contributed by atoms with van der Waals surface area (Å²) in [7, 11) is 2.20. The number of fused-ring (bicyclic) bond motifs is 1. The van der Waals surface area contributed by atoms with Crippen molar-refractivity contribution in [2.45, 2.75) is 71.3 Å². The summed E-state index contributed by atoms with van der Waals surface area (Å²) >= 11 is 0. The summed E-state index contributed by atoms with van der Waals surface area (Å²) in [5.74, 6) is -1.90. The fourth-order valence-electron chi connectivity index (χ4n) is 4.85. The van der Waals surface area contributed by atoms with Crippen LogP contribution < -0.4 is 16.0 Å². The van der Waals surface area contributed by atoms with E-state index in [-0.39, 0.29) is 24.3 Å². The van der Waals surface area contributed by atoms with Crippen molar-refractivity contribution in [2.24, 2.45) is 11.8 Å². The highest BCUT2D eigenvalue weighted by Crippen LogP contribution is 2.23. The molecule has 0 spiro atoms. The van der Waals surface area contributed by atoms with E-state index in [4.69, 9.17) is 4.74 Å². The molecular formula is C26H37BN4O5. The predicted octanol–water partition coefficient (Wildman–Crippen LogP) is 2.08. The second-order valence-electron chi connectivity index (χ2n) is 10.1. The van der Waals surface area contributed by atoms with Crippen LogP contribution in [0.15, 0.2) is 24.3 Å². The molecule has 0 bridgehead atoms. The molecule has 10 heteroatoms. The molecule has 3 rings (SSSR count). The van der Waals surface area contributed by atoms with E-state index in [0.717, 1.165) is 30.1 Å². The number of nitrogens with one attached hydrogen (secondary N) is 4. The molecule has 194 valence electrons. The zero-order valence-corrected chi connectivity index (χ0v) is 21.8. The summed E-state index contributed by atoms with van der Waals surface area (Å²) in [6, 6.07) is 5.77. The maximum atomic E-state index is 13.3. The molecule has 1 aliphatic rings. The molecule has 1 fully saturated rings. The van der Waals surface area contributed by atoms with E-state index >= 15 is 0 Å². The molecule has 4 atom stereocenters. The Kier molecular flexibility index (Phi) is 9.17. The Morgan fingerprint density at radius 3 is 2.58 bits per heavy atom. The molecule has 1 unspecified atom stereocenters. The quantitative estimate of drug-likeness (QED) is 0.280. The van der Waals surface area contributed by atoms with Gasteiger partial charge in [0.1, 0.15) is 25.1 Å². The average Bonchev–Trinajstić information content (AvgIpc) is 3.41. The van der Waals surface area contributed by atoms with E-state index in [1.54, 1.807) is 6.07 Å². The van der Waals surface area contributed by atoms with Crippen LogP contribution in [0.5, 0.6) is 0 Å². The third kappa shape index (κ3) is 6.68. The molecule has 2 aromatic rings. The molecule has 9 nitrogen and oxygen atoms in total. The highest BCUT2D eigenvalue weighted by Gasteiger charge is 2.37. The zero-order valence-electron chi connectivity index (χ0n) is 21.8. The normalized spacial score (nSPS) is 19.0. The van der Waals surface area contributed by atoms with Gasteiger partial charge in [0, 0.05) is 22.9 Å². The highest BCUT2D eigenvalue weighted by atomic mass is 16.5. The van der Waals surface area contributed by atoms with Crippen molar-refractivity contribution < 1.29 is 23.9 Å². The first-order chi connectivity index (χ1) is 17.1. The molecular weight excluding hydrogens is 459 g/mol. The number of benzene rings is 1. The van der Waals surface area contributed by atoms with Gasteiger partial charge >= 0.3 is 5.97 Å². The van der Waals surface area contributed by atoms with Gasteiger partial charge in [0.25, 0.3) is 5.91 Å². The van der Waals surface area contributed by atoms with Gasteiger partial charge in [-0.25, -0.2) is 4.79 Å². The molecule has 0 saturated carbocycles. The maximum Gasteiger partial charge on any atom is 0.328 e. The number of carbonyl (C=O) groups is 4. The SMILES string of the molecule is CBCC1C[C@@H](C[C@H](NC(=O)[C@H](CC(C)C)NC(=O)c2cc3c(C)cccc3[nH]2)C(=O)OC)C(=O)N1. The largest absolute Gasteiger partial charge is 0.467 e. The number of H-pyrrole nitrogens is 1. The maximum absolute atomic E-state index is 13.3. The van der Waals surface area contributed by atoms with Gasteiger partial charge in [0.05, 0.1) is 7.11 Å². The summed E-state index contributed by atoms with van der Waals surface area (Å²) in [4.78, 5) is 54.4. The van der Waals surface area contributed by atoms with Crippen molar-refractivity contribution in [1.29, 1.82) is 0 Å². The molecule has 0 aliphatic carbocycles. The molecule has 1 aromatic heterocycles. The van der Waals surface area contributed by atoms with Crippen LogP contribution in [0.2, 0.25) is 13.1 Å². The topological polar surface area (TPSA) is 129 Å². The highest BCUT2D eigenvalue weighted by molar-refractivity contribution is 6.33. The number of amides is 3. The number of carbonyl (C=O) groups excluding carboxylic acids is 4. The second kappa shape index (κ2) is 12.1. The van der Waals surface area contributed by atoms with Gasteiger partial charge in [-0.3, -0.25) is 14.4 Å². The lowest BCUT2D eigenvalue weighted by Gasteiger charge is -2.24. The third-order valence-electron chi connectivity index (χ3n) is 6.70. The van der Waals surface area contributed by atoms with Gasteiger partial charge in [0.2, 0.25) is 11.8 Å². The summed E-state index contributed by atoms with van der Waals surface area (Å²) in [5.41, 5.74) is 2.24. The first-order valence-electron chi connectivity index (χ1n) is 12.7. The lowest BCUT2D eigenvalue weighted by atomic mass is 9.74. The Balaban J connectivity index is 1.73. The number of aryl methyl sites for hydroxylation is 1. The molecule has 2 heterocycles. The van der Waals surface area contributed by atoms with E-state index < -0.39 is 35.8 Å². The number of hydrogen-bond acceptors (Lipinski definition) is 5. The first kappa shape index (κ1) is 27.3. The lowest BCUT2D eigenvalue weighted by molar-refractivity contribution is -0.146. The van der Waals surface area contributed by atoms with Gasteiger partial charge in [-0.05, 0) is 49.8 Å². The number of esters is 1. The minimum absolute atomic E-state index is 0.0782. The fourth-order valence-corrected chi connectivity index (χ4v) is 4.85. The van der Waals surface area contributed by atoms with Gasteiger partial charge in [0.15, 0.2) is 0 Å². The standard InChI is InChI=1S/C26H37BN4O5/c1-14(2)9-20(30-25(34)21-12-18-15(3)7-6-8-19(18)29-21)24(33)31-22(26(35)36-5)11-16-10-17(13-27-4)28-23(16)32/h6-8,12,14,16-17,20,22,27,29H,9-11,13H2,1-5H3,(H,28,32)(H,30,34)(H,31,33)/t16-,17?,20-,22-/m0/s1. The van der Waals surface area contributed by atoms with Crippen molar-refractivity contribution in [2.75, 3.05) is 7.11 Å². The van der Waals surface area contributed by atoms with Crippen LogP contribution >= 0.6 is 0 Å². The van der Waals surface area contributed by atoms with Crippen molar-refractivity contribution in [3.8, 4) is 0 Å². The summed E-state index contributed by atoms with van der Waals surface area (Å²) in [6.45, 7) is 7.92. The Morgan fingerprint density at radius 2 is 1.94 bits per heavy atom. The van der Waals surface area contributed by atoms with Gasteiger partial charge in [-0.2, -0.15) is 0 Å². The minimum atomic E-state index is -0.985. The van der Waals surface area contributed by atoms with Gasteiger partial charge in [-0.1, -0.05) is 39.1 Å². The van der Waals surface area contributed by atoms with Crippen molar-refractivity contribution in [3.63, 3.8) is 0 Å². The predicted molar refractivity (Wildman–Crippen MR) is 140 cm³/mol. The Bertz CT molecular complexity index is 1110. The summed E-state index contributed by atoms with van der Waals surface area (Å²) in [5, 5.41) is 9.46. The molecule has 1 aliphatic heterocycles. The zero-order chi connectivity index (χ0) is 26.4. The van der Waals surface area contributed by atoms with Crippen LogP contribution in [0.1, 0.15) is 49.2 Å². The first-order valence-corrected chi connectivity index (χ1v) is 12.7. The van der Waals surface area contributed by atoms with Crippen molar-refractivity contribution in [3.05, 3.63) is 35.5 Å². The second-order valence-corrected chi connectivity index (χ2v) is 10.1. The monoisotopic (exact) mass is 496 g/mol. The smallest absolute Gasteiger partial charge is 0.328 e. The summed E-state index contributed by atoms with van der Waals surface area (Å²) in [6.07, 6.45) is 2.01. The molecule has 4 N–H and O–H groups in total. The molecule has 1 saturated heterocycles. The number of hydrogen-bond donors (Lipinski definition) is 4. The van der Waals surface area contributed by atoms with Crippen LogP contribution in [-0.4, -0.2) is 61.2 Å². The molecule has 36 heavy (non-hydrogen) atoms. The van der Waals surface area contributed by atoms with E-state index in [9.17, 15) is 19.2 Å². The molecule has 0 radical (unpaired) electrons. The van der Waals surface area contributed by atoms with Gasteiger partial charge in [-0.15, -0.1) is 0 Å². The third-order valence-corrected chi connectivity index (χ3v) is 6.70. The van der Waals surface area contributed by atoms with E-state index in [1.165, 1.54) is 7.11 Å². The number of rotatable bonds is 11. The average molecular weight is 496 g/mol. The van der Waals surface area contributed by atoms with Gasteiger partial charge < -0.3 is 25.7 Å². The Morgan fingerprint density at radius 1 is 1.19 bits per heavy atom. The summed E-state index contributed by atoms with van der Waals surface area (Å²) < 4.78 is 4.91. The van der Waals surface area contributed by atoms with Crippen LogP contribution in [0.4, 0.5) is 0 Å². The number of ether oxygens (including phenoxy) is 1. The van der Waals surface area contributed by atoms with Crippen molar-refractivity contribution in [1.82, 2.24) is 20.9 Å². The molecule has 1 aromatic carbocycles. The lowest BCUT2D eigenvalue weighted by Crippen LogP contribution is -2.53. The van der Waals surface area contributed by atoms with Crippen LogP contribution in [0.3, 0.4) is 0 Å². The fraction of sp³-hybridized carbons (Fsp3) is 0.538. The van der Waals surface area contributed by atoms with Crippen LogP contribution in [-0.2, 0) is 19.1 Å². The van der Waals surface area contributed by atoms with E-state index in [2.05, 4.69) is 27.8 Å². The van der Waals surface area contributed by atoms with Crippen molar-refractivity contribution >= 4 is 41.9 Å². The van der Waals surface area contributed by atoms with Crippen LogP contribution in [0, 0.1) is 18.8 Å². The van der Waals surface area contributed by atoms with Crippen LogP contribution in [0.25, 0.3) is 10.9 Å². The number of aromatic nitrogens is 1. The number of aromatic amines is 1. The number of methoxy groups -OCH3 is 1.